The fourth-order valence-corrected chi connectivity index (χ4v) is 1.78. The molecule has 0 saturated heterocycles. The molecule has 1 aliphatic rings. The molecule has 1 fully saturated rings. The lowest BCUT2D eigenvalue weighted by Crippen LogP contribution is -2.49. The zero-order valence-corrected chi connectivity index (χ0v) is 7.98. The molecule has 0 aromatic carbocycles. The monoisotopic (exact) mass is 193 g/mol. The number of nitrogens with one attached hydrogen (secondary N) is 2. The Hall–Kier alpha value is -0.260. The van der Waals surface area contributed by atoms with Gasteiger partial charge in [0.2, 0.25) is 0 Å². The van der Waals surface area contributed by atoms with Gasteiger partial charge in [-0.05, 0) is 14.0 Å². The molecule has 0 amide bonds. The van der Waals surface area contributed by atoms with Crippen LogP contribution in [0, 0.1) is 0 Å². The topological polar surface area (TPSA) is 50.1 Å². The first-order valence-corrected chi connectivity index (χ1v) is 4.50. The molecule has 0 radical (unpaired) electrons. The van der Waals surface area contributed by atoms with Gasteiger partial charge in [0.15, 0.2) is 0 Å². The first kappa shape index (κ1) is 10.8. The molecule has 4 atom stereocenters. The van der Waals surface area contributed by atoms with Crippen LogP contribution < -0.4 is 16.6 Å². The molecular weight excluding hydrogens is 176 g/mol. The van der Waals surface area contributed by atoms with Gasteiger partial charge in [0.25, 0.3) is 0 Å². The molecule has 13 heavy (non-hydrogen) atoms. The quantitative estimate of drug-likeness (QED) is 0.564. The summed E-state index contributed by atoms with van der Waals surface area (Å²) in [5.41, 5.74) is 9.27. The maximum atomic E-state index is 14.0. The van der Waals surface area contributed by atoms with Crippen molar-refractivity contribution in [2.75, 3.05) is 7.05 Å². The van der Waals surface area contributed by atoms with E-state index in [1.54, 1.807) is 14.0 Å². The first-order chi connectivity index (χ1) is 5.99. The van der Waals surface area contributed by atoms with E-state index < -0.39 is 23.9 Å². The van der Waals surface area contributed by atoms with Crippen molar-refractivity contribution in [3.63, 3.8) is 0 Å². The van der Waals surface area contributed by atoms with Gasteiger partial charge in [0, 0.05) is 18.9 Å². The van der Waals surface area contributed by atoms with Crippen LogP contribution >= 0.6 is 0 Å². The van der Waals surface area contributed by atoms with Crippen molar-refractivity contribution in [1.29, 1.82) is 0 Å². The molecule has 3 nitrogen and oxygen atoms in total. The third kappa shape index (κ3) is 2.15. The fourth-order valence-electron chi connectivity index (χ4n) is 1.78. The van der Waals surface area contributed by atoms with E-state index in [0.717, 1.165) is 0 Å². The second-order valence-electron chi connectivity index (χ2n) is 3.74. The molecule has 5 heteroatoms. The first-order valence-electron chi connectivity index (χ1n) is 4.50. The molecule has 78 valence electrons. The molecule has 0 aliphatic heterocycles. The Kier molecular flexibility index (Phi) is 3.21. The Bertz CT molecular complexity index is 167. The van der Waals surface area contributed by atoms with Crippen LogP contribution in [0.4, 0.5) is 8.78 Å². The average molecular weight is 193 g/mol. The number of hydrazine groups is 1. The lowest BCUT2D eigenvalue weighted by Gasteiger charge is -2.27. The molecule has 0 aromatic rings. The third-order valence-electron chi connectivity index (χ3n) is 2.71. The van der Waals surface area contributed by atoms with E-state index in [-0.39, 0.29) is 12.8 Å². The molecule has 0 heterocycles. The third-order valence-corrected chi connectivity index (χ3v) is 2.71. The number of alkyl halides is 2. The lowest BCUT2D eigenvalue weighted by molar-refractivity contribution is 0.104. The molecule has 0 bridgehead atoms. The van der Waals surface area contributed by atoms with Crippen molar-refractivity contribution in [2.24, 2.45) is 5.73 Å². The zero-order valence-electron chi connectivity index (χ0n) is 7.98. The highest BCUT2D eigenvalue weighted by Gasteiger charge is 2.48. The maximum absolute atomic E-state index is 14.0. The minimum absolute atomic E-state index is 0.0873. The summed E-state index contributed by atoms with van der Waals surface area (Å²) in [5.74, 6) is 0. The van der Waals surface area contributed by atoms with Crippen molar-refractivity contribution in [2.45, 2.75) is 43.7 Å². The van der Waals surface area contributed by atoms with Gasteiger partial charge in [-0.2, -0.15) is 0 Å². The summed E-state index contributed by atoms with van der Waals surface area (Å²) in [6, 6.07) is -1.09. The van der Waals surface area contributed by atoms with Crippen LogP contribution in [0.5, 0.6) is 0 Å². The molecule has 0 aromatic heterocycles. The smallest absolute Gasteiger partial charge is 0.131 e. The summed E-state index contributed by atoms with van der Waals surface area (Å²) < 4.78 is 27.0. The number of nitrogens with two attached hydrogens (primary N) is 1. The van der Waals surface area contributed by atoms with E-state index in [9.17, 15) is 8.78 Å². The summed E-state index contributed by atoms with van der Waals surface area (Å²) in [5, 5.41) is 0. The minimum Gasteiger partial charge on any atom is -0.325 e. The van der Waals surface area contributed by atoms with Crippen molar-refractivity contribution in [3.05, 3.63) is 0 Å². The van der Waals surface area contributed by atoms with E-state index in [1.165, 1.54) is 0 Å². The van der Waals surface area contributed by atoms with Crippen LogP contribution in [-0.4, -0.2) is 31.0 Å². The van der Waals surface area contributed by atoms with Crippen molar-refractivity contribution in [1.82, 2.24) is 10.9 Å². The van der Waals surface area contributed by atoms with E-state index in [4.69, 9.17) is 5.73 Å². The predicted molar refractivity (Wildman–Crippen MR) is 47.6 cm³/mol. The average Bonchev–Trinajstić information content (AvgIpc) is 2.28. The number of hydrogen-bond acceptors (Lipinski definition) is 3. The minimum atomic E-state index is -1.53. The fraction of sp³-hybridized carbons (Fsp3) is 1.00. The highest BCUT2D eigenvalue weighted by Crippen LogP contribution is 2.37. The van der Waals surface area contributed by atoms with E-state index in [1.807, 2.05) is 0 Å². The predicted octanol–water partition coefficient (Wildman–Crippen LogP) is 0.266. The standard InChI is InChI=1S/C8H17F2N3/c1-5(13-12-2)8(10)3-6(9)7(11)4-8/h5-7,12-13H,3-4,11H2,1-2H3. The Morgan fingerprint density at radius 2 is 2.15 bits per heavy atom. The molecule has 1 aliphatic carbocycles. The van der Waals surface area contributed by atoms with E-state index in [2.05, 4.69) is 10.9 Å². The lowest BCUT2D eigenvalue weighted by atomic mass is 9.96. The Morgan fingerprint density at radius 3 is 2.54 bits per heavy atom. The molecule has 1 rings (SSSR count). The second kappa shape index (κ2) is 3.86. The van der Waals surface area contributed by atoms with Crippen LogP contribution in [0.15, 0.2) is 0 Å². The van der Waals surface area contributed by atoms with Crippen LogP contribution in [-0.2, 0) is 0 Å². The van der Waals surface area contributed by atoms with E-state index in [0.29, 0.717) is 0 Å². The highest BCUT2D eigenvalue weighted by atomic mass is 19.2. The molecule has 1 saturated carbocycles. The Balaban J connectivity index is 2.57. The summed E-state index contributed by atoms with van der Waals surface area (Å²) in [6.07, 6.45) is -1.24. The summed E-state index contributed by atoms with van der Waals surface area (Å²) in [4.78, 5) is 0. The SMILES string of the molecule is CNNC(C)C1(F)CC(N)C(F)C1. The number of rotatable bonds is 3. The van der Waals surface area contributed by atoms with Crippen LogP contribution in [0.2, 0.25) is 0 Å². The van der Waals surface area contributed by atoms with Gasteiger partial charge >= 0.3 is 0 Å². The molecule has 4 unspecified atom stereocenters. The number of hydrogen-bond donors (Lipinski definition) is 3. The summed E-state index contributed by atoms with van der Waals surface area (Å²) in [6.45, 7) is 1.68. The van der Waals surface area contributed by atoms with Gasteiger partial charge in [0.05, 0.1) is 6.04 Å². The second-order valence-corrected chi connectivity index (χ2v) is 3.74. The number of halogens is 2. The van der Waals surface area contributed by atoms with Crippen molar-refractivity contribution in [3.8, 4) is 0 Å². The van der Waals surface area contributed by atoms with Gasteiger partial charge < -0.3 is 5.73 Å². The Morgan fingerprint density at radius 1 is 1.54 bits per heavy atom. The summed E-state index contributed by atoms with van der Waals surface area (Å²) in [7, 11) is 1.65. The van der Waals surface area contributed by atoms with Gasteiger partial charge in [-0.1, -0.05) is 0 Å². The Labute approximate surface area is 77.0 Å². The van der Waals surface area contributed by atoms with Gasteiger partial charge in [-0.25, -0.2) is 8.78 Å². The molecule has 4 N–H and O–H groups in total. The molecule has 0 spiro atoms. The summed E-state index contributed by atoms with van der Waals surface area (Å²) >= 11 is 0. The van der Waals surface area contributed by atoms with E-state index >= 15 is 0 Å². The van der Waals surface area contributed by atoms with Crippen molar-refractivity contribution < 1.29 is 8.78 Å². The van der Waals surface area contributed by atoms with Crippen LogP contribution in [0.3, 0.4) is 0 Å². The van der Waals surface area contributed by atoms with Gasteiger partial charge in [-0.3, -0.25) is 10.9 Å². The molecular formula is C8H17F2N3. The van der Waals surface area contributed by atoms with Crippen LogP contribution in [0.1, 0.15) is 19.8 Å². The largest absolute Gasteiger partial charge is 0.325 e. The maximum Gasteiger partial charge on any atom is 0.131 e. The normalized spacial score (nSPS) is 42.2. The highest BCUT2D eigenvalue weighted by molar-refractivity contribution is 5.02. The van der Waals surface area contributed by atoms with Crippen LogP contribution in [0.25, 0.3) is 0 Å². The van der Waals surface area contributed by atoms with Gasteiger partial charge in [0.1, 0.15) is 11.8 Å². The zero-order chi connectivity index (χ0) is 10.1. The van der Waals surface area contributed by atoms with Gasteiger partial charge in [-0.15, -0.1) is 0 Å². The van der Waals surface area contributed by atoms with Crippen molar-refractivity contribution >= 4 is 0 Å².